The number of anilines is 1. The quantitative estimate of drug-likeness (QED) is 0.371. The van der Waals surface area contributed by atoms with E-state index in [1.165, 1.54) is 0 Å². The van der Waals surface area contributed by atoms with Crippen molar-refractivity contribution in [3.63, 3.8) is 0 Å². The zero-order valence-electron chi connectivity index (χ0n) is 20.4. The summed E-state index contributed by atoms with van der Waals surface area (Å²) < 4.78 is 5.13. The molecule has 1 aliphatic rings. The molecule has 1 aromatic carbocycles. The average Bonchev–Trinajstić information content (AvgIpc) is 2.81. The summed E-state index contributed by atoms with van der Waals surface area (Å²) in [5.41, 5.74) is 7.91. The van der Waals surface area contributed by atoms with Gasteiger partial charge in [0.2, 0.25) is 5.82 Å². The fraction of sp³-hybridized carbons (Fsp3) is 0.600. The van der Waals surface area contributed by atoms with E-state index in [2.05, 4.69) is 40.5 Å². The number of nitrogens with zero attached hydrogens (tertiary/aromatic N) is 3. The molecule has 2 atom stereocenters. The lowest BCUT2D eigenvalue weighted by Crippen LogP contribution is -2.38. The Morgan fingerprint density at radius 3 is 2.73 bits per heavy atom. The van der Waals surface area contributed by atoms with E-state index in [0.717, 1.165) is 55.0 Å². The molecular weight excluding hydrogens is 416 g/mol. The lowest BCUT2D eigenvalue weighted by Gasteiger charge is -2.30. The highest BCUT2D eigenvalue weighted by atomic mass is 16.5. The third kappa shape index (κ3) is 6.63. The largest absolute Gasteiger partial charge is 0.386 e. The van der Waals surface area contributed by atoms with Crippen molar-refractivity contribution in [2.75, 3.05) is 25.6 Å². The molecule has 1 aliphatic carbocycles. The van der Waals surface area contributed by atoms with E-state index in [1.807, 2.05) is 19.1 Å². The normalized spacial score (nSPS) is 19.1. The van der Waals surface area contributed by atoms with Crippen molar-refractivity contribution in [2.45, 2.75) is 71.4 Å². The molecule has 0 unspecified atom stereocenters. The van der Waals surface area contributed by atoms with Crippen LogP contribution in [0.4, 0.5) is 5.82 Å². The van der Waals surface area contributed by atoms with E-state index < -0.39 is 0 Å². The second kappa shape index (κ2) is 11.9. The Morgan fingerprint density at radius 1 is 1.24 bits per heavy atom. The second-order valence-electron chi connectivity index (χ2n) is 8.97. The lowest BCUT2D eigenvalue weighted by atomic mass is 9.90. The number of hydrogen-bond acceptors (Lipinski definition) is 6. The third-order valence-electron chi connectivity index (χ3n) is 6.44. The summed E-state index contributed by atoms with van der Waals surface area (Å²) >= 11 is 0. The monoisotopic (exact) mass is 454 g/mol. The lowest BCUT2D eigenvalue weighted by molar-refractivity contribution is 0.0936. The topological polar surface area (TPSA) is 115 Å². The number of benzene rings is 1. The number of amides is 1. The van der Waals surface area contributed by atoms with Crippen molar-refractivity contribution in [3.05, 3.63) is 29.6 Å². The van der Waals surface area contributed by atoms with Crippen molar-refractivity contribution in [3.8, 4) is 0 Å². The summed E-state index contributed by atoms with van der Waals surface area (Å²) in [6, 6.07) is 6.13. The molecule has 8 nitrogen and oxygen atoms in total. The number of ether oxygens (including phenoxy) is 1. The van der Waals surface area contributed by atoms with E-state index in [-0.39, 0.29) is 23.8 Å². The summed E-state index contributed by atoms with van der Waals surface area (Å²) in [6.45, 7) is 7.26. The fourth-order valence-corrected chi connectivity index (χ4v) is 4.36. The number of rotatable bonds is 10. The van der Waals surface area contributed by atoms with Crippen LogP contribution in [0, 0.1) is 12.8 Å². The van der Waals surface area contributed by atoms with Crippen LogP contribution in [-0.2, 0) is 4.74 Å². The minimum atomic E-state index is -0.241. The number of aromatic nitrogens is 2. The van der Waals surface area contributed by atoms with Crippen LogP contribution in [0.15, 0.2) is 23.2 Å². The number of carbonyl (C=O) groups is 1. The van der Waals surface area contributed by atoms with Crippen molar-refractivity contribution < 1.29 is 9.53 Å². The van der Waals surface area contributed by atoms with Crippen LogP contribution >= 0.6 is 0 Å². The van der Waals surface area contributed by atoms with Gasteiger partial charge >= 0.3 is 0 Å². The Bertz CT molecular complexity index is 973. The molecule has 0 radical (unpaired) electrons. The molecular formula is C25H38N6O2. The summed E-state index contributed by atoms with van der Waals surface area (Å²) in [4.78, 5) is 26.9. The summed E-state index contributed by atoms with van der Waals surface area (Å²) in [6.07, 6.45) is 6.18. The Balaban J connectivity index is 1.90. The molecule has 1 aromatic heterocycles. The Kier molecular flexibility index (Phi) is 9.00. The maximum atomic E-state index is 12.9. The number of methoxy groups -OCH3 is 1. The smallest absolute Gasteiger partial charge is 0.289 e. The van der Waals surface area contributed by atoms with Gasteiger partial charge in [0.15, 0.2) is 0 Å². The Morgan fingerprint density at radius 2 is 2.00 bits per heavy atom. The van der Waals surface area contributed by atoms with Crippen molar-refractivity contribution in [1.82, 2.24) is 15.3 Å². The fourth-order valence-electron chi connectivity index (χ4n) is 4.36. The molecule has 0 bridgehead atoms. The molecule has 1 saturated carbocycles. The summed E-state index contributed by atoms with van der Waals surface area (Å²) in [5.74, 6) is 1.58. The first-order chi connectivity index (χ1) is 15.9. The predicted molar refractivity (Wildman–Crippen MR) is 134 cm³/mol. The Hall–Kier alpha value is -2.74. The van der Waals surface area contributed by atoms with Crippen molar-refractivity contribution in [2.24, 2.45) is 16.6 Å². The minimum Gasteiger partial charge on any atom is -0.386 e. The van der Waals surface area contributed by atoms with Crippen LogP contribution in [0.1, 0.15) is 68.6 Å². The first-order valence-electron chi connectivity index (χ1n) is 12.1. The molecule has 1 fully saturated rings. The number of amidine groups is 1. The SMILES string of the molecule is CCC(CC)CNC(=O)c1nc(N[C@H]2CCCC[C@H]2N=C(N)COC)c2cc(C)ccc2n1. The molecule has 0 spiro atoms. The van der Waals surface area contributed by atoms with Crippen LogP contribution in [0.5, 0.6) is 0 Å². The van der Waals surface area contributed by atoms with E-state index in [0.29, 0.717) is 30.7 Å². The van der Waals surface area contributed by atoms with E-state index in [4.69, 9.17) is 15.5 Å². The number of aryl methyl sites for hydroxylation is 1. The van der Waals surface area contributed by atoms with Gasteiger partial charge in [0.25, 0.3) is 5.91 Å². The molecule has 1 heterocycles. The number of hydrogen-bond donors (Lipinski definition) is 3. The number of carbonyl (C=O) groups excluding carboxylic acids is 1. The second-order valence-corrected chi connectivity index (χ2v) is 8.97. The van der Waals surface area contributed by atoms with Crippen LogP contribution in [0.2, 0.25) is 0 Å². The van der Waals surface area contributed by atoms with Gasteiger partial charge in [-0.25, -0.2) is 9.97 Å². The van der Waals surface area contributed by atoms with Gasteiger partial charge in [-0.3, -0.25) is 9.79 Å². The van der Waals surface area contributed by atoms with Crippen LogP contribution < -0.4 is 16.4 Å². The highest BCUT2D eigenvalue weighted by Crippen LogP contribution is 2.28. The predicted octanol–water partition coefficient (Wildman–Crippen LogP) is 3.83. The maximum absolute atomic E-state index is 12.9. The molecule has 2 aromatic rings. The highest BCUT2D eigenvalue weighted by Gasteiger charge is 2.26. The summed E-state index contributed by atoms with van der Waals surface area (Å²) in [7, 11) is 1.62. The van der Waals surface area contributed by atoms with E-state index >= 15 is 0 Å². The first kappa shape index (κ1) is 24.9. The van der Waals surface area contributed by atoms with Gasteiger partial charge in [-0.1, -0.05) is 51.2 Å². The molecule has 180 valence electrons. The minimum absolute atomic E-state index is 0.0378. The van der Waals surface area contributed by atoms with Gasteiger partial charge in [-0.05, 0) is 37.8 Å². The maximum Gasteiger partial charge on any atom is 0.289 e. The van der Waals surface area contributed by atoms with Crippen LogP contribution in [0.3, 0.4) is 0 Å². The van der Waals surface area contributed by atoms with E-state index in [1.54, 1.807) is 7.11 Å². The molecule has 0 saturated heterocycles. The molecule has 0 aliphatic heterocycles. The average molecular weight is 455 g/mol. The highest BCUT2D eigenvalue weighted by molar-refractivity contribution is 5.96. The van der Waals surface area contributed by atoms with Gasteiger partial charge in [0.05, 0.1) is 11.6 Å². The van der Waals surface area contributed by atoms with E-state index in [9.17, 15) is 4.79 Å². The van der Waals surface area contributed by atoms with Crippen LogP contribution in [-0.4, -0.2) is 54.1 Å². The third-order valence-corrected chi connectivity index (χ3v) is 6.44. The number of nitrogens with two attached hydrogens (primary N) is 1. The molecule has 33 heavy (non-hydrogen) atoms. The number of fused-ring (bicyclic) bond motifs is 1. The van der Waals surface area contributed by atoms with Gasteiger partial charge in [-0.2, -0.15) is 0 Å². The molecule has 4 N–H and O–H groups in total. The number of aliphatic imine (C=N–C) groups is 1. The molecule has 3 rings (SSSR count). The van der Waals surface area contributed by atoms with Gasteiger partial charge < -0.3 is 21.1 Å². The zero-order valence-corrected chi connectivity index (χ0v) is 20.4. The van der Waals surface area contributed by atoms with Gasteiger partial charge in [0, 0.05) is 25.1 Å². The zero-order chi connectivity index (χ0) is 23.8. The molecule has 1 amide bonds. The Labute approximate surface area is 196 Å². The van der Waals surface area contributed by atoms with Crippen molar-refractivity contribution in [1.29, 1.82) is 0 Å². The summed E-state index contributed by atoms with van der Waals surface area (Å²) in [5, 5.41) is 7.52. The van der Waals surface area contributed by atoms with Crippen molar-refractivity contribution >= 4 is 28.5 Å². The van der Waals surface area contributed by atoms with Gasteiger partial charge in [0.1, 0.15) is 18.3 Å². The first-order valence-corrected chi connectivity index (χ1v) is 12.1. The standard InChI is InChI=1S/C25H38N6O2/c1-5-17(6-2)14-27-25(32)24-29-19-12-11-16(3)13-18(19)23(31-24)30-21-10-8-7-9-20(21)28-22(26)15-33-4/h11-13,17,20-21H,5-10,14-15H2,1-4H3,(H2,26,28)(H,27,32)(H,29,30,31)/t20-,21+/m1/s1. The van der Waals surface area contributed by atoms with Gasteiger partial charge in [-0.15, -0.1) is 0 Å². The number of nitrogens with one attached hydrogen (secondary N) is 2. The molecule has 8 heteroatoms. The van der Waals surface area contributed by atoms with Crippen LogP contribution in [0.25, 0.3) is 10.9 Å².